The number of ether oxygens (including phenoxy) is 1. The average molecular weight is 350 g/mol. The van der Waals surface area contributed by atoms with Crippen molar-refractivity contribution in [3.63, 3.8) is 0 Å². The number of hydrogen-bond acceptors (Lipinski definition) is 4. The number of methoxy groups -OCH3 is 1. The number of aliphatic hydroxyl groups is 2. The molecule has 4 nitrogen and oxygen atoms in total. The van der Waals surface area contributed by atoms with E-state index in [1.54, 1.807) is 0 Å². The Hall–Kier alpha value is -0.870. The first-order chi connectivity index (χ1) is 11.6. The van der Waals surface area contributed by atoms with E-state index in [4.69, 9.17) is 4.74 Å². The van der Waals surface area contributed by atoms with Crippen molar-refractivity contribution in [1.82, 2.24) is 0 Å². The third-order valence-electron chi connectivity index (χ3n) is 8.04. The molecule has 4 heteroatoms. The summed E-state index contributed by atoms with van der Waals surface area (Å²) in [6.45, 7) is 8.31. The smallest absolute Gasteiger partial charge is 0.311 e. The molecule has 0 saturated heterocycles. The van der Waals surface area contributed by atoms with E-state index in [1.807, 2.05) is 13.8 Å². The topological polar surface area (TPSA) is 66.8 Å². The Kier molecular flexibility index (Phi) is 4.61. The fourth-order valence-electron chi connectivity index (χ4n) is 6.32. The van der Waals surface area contributed by atoms with Crippen LogP contribution >= 0.6 is 0 Å². The summed E-state index contributed by atoms with van der Waals surface area (Å²) < 4.78 is 5.16. The summed E-state index contributed by atoms with van der Waals surface area (Å²) in [5.74, 6) is 0.383. The lowest BCUT2D eigenvalue weighted by Gasteiger charge is -2.60. The van der Waals surface area contributed by atoms with E-state index in [9.17, 15) is 15.0 Å². The van der Waals surface area contributed by atoms with Crippen molar-refractivity contribution in [3.8, 4) is 0 Å². The summed E-state index contributed by atoms with van der Waals surface area (Å²) in [5, 5.41) is 22.0. The second-order valence-corrected chi connectivity index (χ2v) is 9.40. The molecule has 3 aliphatic rings. The summed E-state index contributed by atoms with van der Waals surface area (Å²) in [6.07, 6.45) is 6.54. The van der Waals surface area contributed by atoms with E-state index in [0.717, 1.165) is 37.7 Å². The predicted molar refractivity (Wildman–Crippen MR) is 96.8 cm³/mol. The molecule has 2 fully saturated rings. The molecule has 0 heterocycles. The van der Waals surface area contributed by atoms with E-state index >= 15 is 0 Å². The number of allylic oxidation sites excluding steroid dienone is 1. The molecule has 0 amide bonds. The largest absolute Gasteiger partial charge is 0.469 e. The van der Waals surface area contributed by atoms with Crippen LogP contribution in [0.1, 0.15) is 66.2 Å². The third-order valence-corrected chi connectivity index (χ3v) is 8.04. The molecule has 142 valence electrons. The number of fused-ring (bicyclic) bond motifs is 3. The minimum absolute atomic E-state index is 0.0153. The molecule has 1 unspecified atom stereocenters. The zero-order valence-corrected chi connectivity index (χ0v) is 16.3. The maximum Gasteiger partial charge on any atom is 0.311 e. The summed E-state index contributed by atoms with van der Waals surface area (Å²) in [5.41, 5.74) is -0.507. The molecule has 0 bridgehead atoms. The minimum Gasteiger partial charge on any atom is -0.469 e. The number of hydrogen-bond donors (Lipinski definition) is 2. The van der Waals surface area contributed by atoms with Crippen LogP contribution in [-0.2, 0) is 9.53 Å². The Labute approximate surface area is 151 Å². The van der Waals surface area contributed by atoms with Gasteiger partial charge in [0.25, 0.3) is 0 Å². The van der Waals surface area contributed by atoms with Gasteiger partial charge in [-0.15, -0.1) is 0 Å². The molecule has 0 spiro atoms. The molecule has 2 saturated carbocycles. The second kappa shape index (κ2) is 6.09. The Balaban J connectivity index is 2.00. The van der Waals surface area contributed by atoms with Crippen molar-refractivity contribution >= 4 is 5.97 Å². The van der Waals surface area contributed by atoms with Gasteiger partial charge < -0.3 is 14.9 Å². The molecule has 25 heavy (non-hydrogen) atoms. The Morgan fingerprint density at radius 2 is 1.96 bits per heavy atom. The Morgan fingerprint density at radius 1 is 1.28 bits per heavy atom. The van der Waals surface area contributed by atoms with Crippen molar-refractivity contribution < 1.29 is 19.7 Å². The SMILES string of the molecule is COC(=O)[C@]1(C)CCC[C@@]2(C)C1CC=C1[C@@H](O)[C@](O)(C(C)C)CC[C@@H]12. The van der Waals surface area contributed by atoms with Gasteiger partial charge in [-0.1, -0.05) is 33.3 Å². The highest BCUT2D eigenvalue weighted by atomic mass is 16.5. The van der Waals surface area contributed by atoms with E-state index in [-0.39, 0.29) is 29.1 Å². The standard InChI is InChI=1S/C21H34O4/c1-13(2)21(24)12-9-15-14(17(21)22)7-8-16-19(15,3)10-6-11-20(16,4)18(23)25-5/h7,13,15-17,22,24H,6,8-12H2,1-5H3/t15-,16?,17+,19+,20+,21+/m0/s1. The molecule has 0 aliphatic heterocycles. The normalized spacial score (nSPS) is 46.9. The lowest BCUT2D eigenvalue weighted by Crippen LogP contribution is -2.59. The Morgan fingerprint density at radius 3 is 2.56 bits per heavy atom. The number of carbonyl (C=O) groups excluding carboxylic acids is 1. The zero-order valence-electron chi connectivity index (χ0n) is 16.3. The van der Waals surface area contributed by atoms with Crippen molar-refractivity contribution in [3.05, 3.63) is 11.6 Å². The third kappa shape index (κ3) is 2.51. The molecule has 0 aromatic heterocycles. The molecule has 0 aromatic carbocycles. The molecular formula is C21H34O4. The molecule has 3 aliphatic carbocycles. The van der Waals surface area contributed by atoms with Crippen LogP contribution in [0.25, 0.3) is 0 Å². The van der Waals surface area contributed by atoms with Crippen LogP contribution in [0, 0.1) is 28.6 Å². The fraction of sp³-hybridized carbons (Fsp3) is 0.857. The summed E-state index contributed by atoms with van der Waals surface area (Å²) in [6, 6.07) is 0. The van der Waals surface area contributed by atoms with Crippen LogP contribution in [0.2, 0.25) is 0 Å². The quantitative estimate of drug-likeness (QED) is 0.591. The van der Waals surface area contributed by atoms with Crippen LogP contribution in [0.5, 0.6) is 0 Å². The number of aliphatic hydroxyl groups excluding tert-OH is 1. The summed E-state index contributed by atoms with van der Waals surface area (Å²) in [7, 11) is 1.48. The highest BCUT2D eigenvalue weighted by Gasteiger charge is 2.60. The van der Waals surface area contributed by atoms with Gasteiger partial charge in [0.1, 0.15) is 6.10 Å². The first-order valence-electron chi connectivity index (χ1n) is 9.80. The van der Waals surface area contributed by atoms with Gasteiger partial charge in [0, 0.05) is 0 Å². The van der Waals surface area contributed by atoms with Crippen molar-refractivity contribution in [2.24, 2.45) is 28.6 Å². The predicted octanol–water partition coefficient (Wildman–Crippen LogP) is 3.46. The lowest BCUT2D eigenvalue weighted by molar-refractivity contribution is -0.171. The van der Waals surface area contributed by atoms with Gasteiger partial charge in [0.15, 0.2) is 0 Å². The van der Waals surface area contributed by atoms with E-state index in [0.29, 0.717) is 6.42 Å². The second-order valence-electron chi connectivity index (χ2n) is 9.40. The van der Waals surface area contributed by atoms with Crippen LogP contribution in [0.15, 0.2) is 11.6 Å². The number of carbonyl (C=O) groups is 1. The number of esters is 1. The molecule has 0 radical (unpaired) electrons. The average Bonchev–Trinajstić information content (AvgIpc) is 2.57. The van der Waals surface area contributed by atoms with E-state index in [1.165, 1.54) is 7.11 Å². The van der Waals surface area contributed by atoms with Gasteiger partial charge in [0.2, 0.25) is 0 Å². The minimum atomic E-state index is -1.04. The highest BCUT2D eigenvalue weighted by molar-refractivity contribution is 5.77. The molecule has 0 aromatic rings. The van der Waals surface area contributed by atoms with Gasteiger partial charge in [-0.2, -0.15) is 0 Å². The maximum atomic E-state index is 12.6. The van der Waals surface area contributed by atoms with Crippen LogP contribution in [-0.4, -0.2) is 35.0 Å². The maximum absolute atomic E-state index is 12.6. The van der Waals surface area contributed by atoms with E-state index < -0.39 is 17.1 Å². The van der Waals surface area contributed by atoms with Gasteiger partial charge in [0.05, 0.1) is 18.1 Å². The lowest BCUT2D eigenvalue weighted by atomic mass is 9.45. The molecule has 2 N–H and O–H groups in total. The van der Waals surface area contributed by atoms with Gasteiger partial charge in [-0.05, 0) is 67.8 Å². The molecule has 6 atom stereocenters. The van der Waals surface area contributed by atoms with Crippen molar-refractivity contribution in [2.45, 2.75) is 77.9 Å². The van der Waals surface area contributed by atoms with Crippen LogP contribution in [0.4, 0.5) is 0 Å². The van der Waals surface area contributed by atoms with Crippen LogP contribution in [0.3, 0.4) is 0 Å². The molecule has 3 rings (SSSR count). The monoisotopic (exact) mass is 350 g/mol. The Bertz CT molecular complexity index is 582. The van der Waals surface area contributed by atoms with Gasteiger partial charge in [-0.25, -0.2) is 0 Å². The first kappa shape index (κ1) is 18.9. The van der Waals surface area contributed by atoms with Crippen LogP contribution < -0.4 is 0 Å². The van der Waals surface area contributed by atoms with E-state index in [2.05, 4.69) is 19.9 Å². The fourth-order valence-corrected chi connectivity index (χ4v) is 6.32. The zero-order chi connectivity index (χ0) is 18.6. The number of rotatable bonds is 2. The van der Waals surface area contributed by atoms with Crippen molar-refractivity contribution in [1.29, 1.82) is 0 Å². The summed E-state index contributed by atoms with van der Waals surface area (Å²) >= 11 is 0. The highest BCUT2D eigenvalue weighted by Crippen LogP contribution is 2.63. The molecular weight excluding hydrogens is 316 g/mol. The van der Waals surface area contributed by atoms with Gasteiger partial charge >= 0.3 is 5.97 Å². The van der Waals surface area contributed by atoms with Gasteiger partial charge in [-0.3, -0.25) is 4.79 Å². The first-order valence-corrected chi connectivity index (χ1v) is 9.80. The van der Waals surface area contributed by atoms with Crippen molar-refractivity contribution in [2.75, 3.05) is 7.11 Å². The summed E-state index contributed by atoms with van der Waals surface area (Å²) in [4.78, 5) is 12.6.